The fourth-order valence-electron chi connectivity index (χ4n) is 15.8. The predicted molar refractivity (Wildman–Crippen MR) is 265 cm³/mol. The van der Waals surface area contributed by atoms with Crippen LogP contribution in [0.1, 0.15) is 131 Å². The first-order chi connectivity index (χ1) is 31.6. The SMILES string of the molecule is Cl.Cl.O=C(O)c1ccc(Oc2ccc(C3(c4ccc(Oc5ccc(C(=O)O)cc5)cc4)c4cc(C56CC7CC(CC(C7)C5)C6)ccc4-c4ccc(C56CC7CC(CC(C7)C5)C6)cc43)cc2)cc1. The zero-order valence-electron chi connectivity index (χ0n) is 37.5. The number of carbonyl (C=O) groups is 2. The van der Waals surface area contributed by atoms with E-state index >= 15 is 0 Å². The van der Waals surface area contributed by atoms with Gasteiger partial charge in [-0.25, -0.2) is 9.59 Å². The molecule has 0 saturated heterocycles. The van der Waals surface area contributed by atoms with Crippen molar-refractivity contribution >= 4 is 36.8 Å². The molecule has 342 valence electrons. The lowest BCUT2D eigenvalue weighted by Crippen LogP contribution is -2.48. The van der Waals surface area contributed by atoms with Gasteiger partial charge in [-0.1, -0.05) is 60.7 Å². The number of benzene rings is 6. The number of fused-ring (bicyclic) bond motifs is 3. The minimum Gasteiger partial charge on any atom is -0.478 e. The first-order valence-electron chi connectivity index (χ1n) is 24.2. The Morgan fingerprint density at radius 1 is 0.388 bits per heavy atom. The van der Waals surface area contributed by atoms with Crippen molar-refractivity contribution in [3.05, 3.63) is 178 Å². The lowest BCUT2D eigenvalue weighted by molar-refractivity contribution is -0.00530. The summed E-state index contributed by atoms with van der Waals surface area (Å²) >= 11 is 0. The van der Waals surface area contributed by atoms with E-state index < -0.39 is 17.4 Å². The van der Waals surface area contributed by atoms with Gasteiger partial charge in [0.15, 0.2) is 0 Å². The number of hydrogen-bond acceptors (Lipinski definition) is 4. The zero-order chi connectivity index (χ0) is 43.7. The molecule has 0 atom stereocenters. The summed E-state index contributed by atoms with van der Waals surface area (Å²) in [7, 11) is 0. The third-order valence-corrected chi connectivity index (χ3v) is 17.7. The van der Waals surface area contributed by atoms with Crippen molar-refractivity contribution in [2.45, 2.75) is 93.3 Å². The summed E-state index contributed by atoms with van der Waals surface area (Å²) < 4.78 is 12.7. The standard InChI is InChI=1S/C59H54O6.2ClH/c60-55(61)41-1-11-47(12-2-41)64-49-15-5-43(6-16-49)59(44-7-17-50(18-8-44)65-48-13-3-42(4-14-48)56(62)63)53-27-45(57-29-35-21-36(30-57)23-37(22-35)31-57)9-19-51(53)52-20-10-46(28-54(52)59)58-32-38-24-39(33-58)26-40(25-38)34-58;;/h1-20,27-28,35-40H,21-26,29-34H2,(H,60,61)(H,62,63);2*1H. The van der Waals surface area contributed by atoms with E-state index in [0.29, 0.717) is 23.0 Å². The second-order valence-corrected chi connectivity index (χ2v) is 21.6. The van der Waals surface area contributed by atoms with Gasteiger partial charge in [-0.3, -0.25) is 0 Å². The Morgan fingerprint density at radius 2 is 0.657 bits per heavy atom. The molecule has 6 aromatic carbocycles. The summed E-state index contributed by atoms with van der Waals surface area (Å²) in [5.74, 6) is 5.62. The third kappa shape index (κ3) is 7.11. The summed E-state index contributed by atoms with van der Waals surface area (Å²) in [6.45, 7) is 0. The van der Waals surface area contributed by atoms with Crippen LogP contribution < -0.4 is 9.47 Å². The van der Waals surface area contributed by atoms with Gasteiger partial charge in [-0.2, -0.15) is 0 Å². The highest BCUT2D eigenvalue weighted by Gasteiger charge is 2.55. The molecule has 9 aliphatic rings. The molecular formula is C59H56Cl2O6. The monoisotopic (exact) mass is 930 g/mol. The molecule has 0 spiro atoms. The number of carboxylic acid groups (broad SMARTS) is 2. The molecule has 0 heterocycles. The normalized spacial score (nSPS) is 28.4. The predicted octanol–water partition coefficient (Wildman–Crippen LogP) is 14.8. The van der Waals surface area contributed by atoms with Crippen molar-refractivity contribution in [1.82, 2.24) is 0 Å². The number of aromatic carboxylic acids is 2. The average molecular weight is 932 g/mol. The topological polar surface area (TPSA) is 93.1 Å². The van der Waals surface area contributed by atoms with Gasteiger partial charge in [0.1, 0.15) is 23.0 Å². The maximum atomic E-state index is 11.6. The molecule has 6 aromatic rings. The van der Waals surface area contributed by atoms with E-state index in [2.05, 4.69) is 84.9 Å². The molecule has 8 heteroatoms. The van der Waals surface area contributed by atoms with Gasteiger partial charge in [-0.05, 0) is 241 Å². The van der Waals surface area contributed by atoms with Crippen LogP contribution in [0.25, 0.3) is 11.1 Å². The van der Waals surface area contributed by atoms with Crippen LogP contribution in [-0.4, -0.2) is 22.2 Å². The minimum absolute atomic E-state index is 0. The van der Waals surface area contributed by atoms with Gasteiger partial charge in [0, 0.05) is 0 Å². The van der Waals surface area contributed by atoms with Crippen LogP contribution in [0.3, 0.4) is 0 Å². The van der Waals surface area contributed by atoms with Gasteiger partial charge in [-0.15, -0.1) is 24.8 Å². The molecule has 0 amide bonds. The highest BCUT2D eigenvalue weighted by atomic mass is 35.5. The van der Waals surface area contributed by atoms with Crippen LogP contribution in [-0.2, 0) is 16.2 Å². The average Bonchev–Trinajstić information content (AvgIpc) is 3.59. The fourth-order valence-corrected chi connectivity index (χ4v) is 15.8. The lowest BCUT2D eigenvalue weighted by atomic mass is 9.47. The maximum Gasteiger partial charge on any atom is 0.335 e. The van der Waals surface area contributed by atoms with Crippen LogP contribution in [0.4, 0.5) is 0 Å². The highest BCUT2D eigenvalue weighted by Crippen LogP contribution is 2.65. The number of carboxylic acids is 2. The maximum absolute atomic E-state index is 11.6. The smallest absolute Gasteiger partial charge is 0.335 e. The van der Waals surface area contributed by atoms with E-state index in [9.17, 15) is 19.8 Å². The molecule has 15 rings (SSSR count). The Balaban J connectivity index is 0.00000247. The molecule has 8 fully saturated rings. The lowest BCUT2D eigenvalue weighted by Gasteiger charge is -2.57. The van der Waals surface area contributed by atoms with Crippen molar-refractivity contribution in [2.75, 3.05) is 0 Å². The van der Waals surface area contributed by atoms with E-state index in [1.54, 1.807) is 48.5 Å². The first kappa shape index (κ1) is 44.0. The number of halogens is 2. The van der Waals surface area contributed by atoms with E-state index in [1.807, 2.05) is 0 Å². The summed E-state index contributed by atoms with van der Waals surface area (Å²) in [6.07, 6.45) is 16.2. The Morgan fingerprint density at radius 3 is 0.940 bits per heavy atom. The molecule has 2 N–H and O–H groups in total. The molecule has 0 aliphatic heterocycles. The minimum atomic E-state index is -0.963. The zero-order valence-corrected chi connectivity index (χ0v) is 39.1. The van der Waals surface area contributed by atoms with Crippen LogP contribution in [0, 0.1) is 35.5 Å². The van der Waals surface area contributed by atoms with Crippen molar-refractivity contribution in [3.8, 4) is 34.1 Å². The van der Waals surface area contributed by atoms with Crippen LogP contribution in [0.15, 0.2) is 133 Å². The molecule has 9 aliphatic carbocycles. The quantitative estimate of drug-likeness (QED) is 0.142. The Kier molecular flexibility index (Phi) is 10.7. The molecule has 67 heavy (non-hydrogen) atoms. The summed E-state index contributed by atoms with van der Waals surface area (Å²) in [6, 6.07) is 45.7. The second kappa shape index (κ2) is 16.3. The van der Waals surface area contributed by atoms with Gasteiger partial charge in [0.2, 0.25) is 0 Å². The fraction of sp³-hybridized carbons (Fsp3) is 0.356. The second-order valence-electron chi connectivity index (χ2n) is 21.6. The molecule has 6 nitrogen and oxygen atoms in total. The largest absolute Gasteiger partial charge is 0.478 e. The van der Waals surface area contributed by atoms with Gasteiger partial charge in [0.25, 0.3) is 0 Å². The molecule has 8 bridgehead atoms. The van der Waals surface area contributed by atoms with Gasteiger partial charge < -0.3 is 19.7 Å². The Hall–Kier alpha value is -5.56. The van der Waals surface area contributed by atoms with Gasteiger partial charge in [0.05, 0.1) is 16.5 Å². The summed E-state index contributed by atoms with van der Waals surface area (Å²) in [5.41, 5.74) is 10.9. The Bertz CT molecular complexity index is 2620. The first-order valence-corrected chi connectivity index (χ1v) is 24.2. The van der Waals surface area contributed by atoms with E-state index in [1.165, 1.54) is 122 Å². The van der Waals surface area contributed by atoms with Gasteiger partial charge >= 0.3 is 11.9 Å². The summed E-state index contributed by atoms with van der Waals surface area (Å²) in [4.78, 5) is 23.2. The molecule has 0 unspecified atom stereocenters. The molecular weight excluding hydrogens is 876 g/mol. The van der Waals surface area contributed by atoms with Crippen molar-refractivity contribution in [2.24, 2.45) is 35.5 Å². The van der Waals surface area contributed by atoms with Crippen molar-refractivity contribution < 1.29 is 29.3 Å². The number of rotatable bonds is 10. The van der Waals surface area contributed by atoms with Crippen LogP contribution >= 0.6 is 24.8 Å². The third-order valence-electron chi connectivity index (χ3n) is 17.7. The van der Waals surface area contributed by atoms with E-state index in [4.69, 9.17) is 9.47 Å². The highest BCUT2D eigenvalue weighted by molar-refractivity contribution is 5.89. The number of hydrogen-bond donors (Lipinski definition) is 2. The summed E-state index contributed by atoms with van der Waals surface area (Å²) in [5, 5.41) is 19.0. The Labute approximate surface area is 405 Å². The molecule has 8 saturated carbocycles. The van der Waals surface area contributed by atoms with Crippen molar-refractivity contribution in [1.29, 1.82) is 0 Å². The molecule has 0 aromatic heterocycles. The number of ether oxygens (including phenoxy) is 2. The molecule has 0 radical (unpaired) electrons. The van der Waals surface area contributed by atoms with E-state index in [0.717, 1.165) is 35.5 Å². The van der Waals surface area contributed by atoms with Crippen molar-refractivity contribution in [3.63, 3.8) is 0 Å². The van der Waals surface area contributed by atoms with Crippen LogP contribution in [0.2, 0.25) is 0 Å². The van der Waals surface area contributed by atoms with Crippen LogP contribution in [0.5, 0.6) is 23.0 Å². The van der Waals surface area contributed by atoms with E-state index in [-0.39, 0.29) is 46.8 Å².